The highest BCUT2D eigenvalue weighted by molar-refractivity contribution is 8.13. The number of amides is 2. The first-order valence-corrected chi connectivity index (χ1v) is 21.2. The Morgan fingerprint density at radius 2 is 1.78 bits per heavy atom. The molecule has 0 radical (unpaired) electrons. The molecule has 28 heteroatoms. The summed E-state index contributed by atoms with van der Waals surface area (Å²) >= 11 is 1.08. The van der Waals surface area contributed by atoms with Crippen LogP contribution in [0.25, 0.3) is 11.2 Å². The molecule has 0 bridgehead atoms. The van der Waals surface area contributed by atoms with Crippen molar-refractivity contribution in [1.29, 1.82) is 0 Å². The molecule has 2 aromatic heterocycles. The number of carbonyl (C=O) groups is 3. The van der Waals surface area contributed by atoms with Crippen LogP contribution in [-0.4, -0.2) is 123 Å². The highest BCUT2D eigenvalue weighted by atomic mass is 32.2. The molecule has 8 atom stereocenters. The topological polar surface area (TPSA) is 364 Å². The number of phosphoric acid groups is 3. The summed E-state index contributed by atoms with van der Waals surface area (Å²) in [6.07, 6.45) is -6.23. The fraction of sp³-hybridized carbons (Fsp3) is 0.615. The number of nitrogens with two attached hydrogens (primary N) is 1. The van der Waals surface area contributed by atoms with E-state index in [0.717, 1.165) is 34.6 Å². The number of aliphatic hydroxyl groups excluding tert-OH is 2. The van der Waals surface area contributed by atoms with E-state index in [0.29, 0.717) is 12.2 Å². The van der Waals surface area contributed by atoms with Crippen LogP contribution in [0.4, 0.5) is 5.82 Å². The number of allylic oxidation sites excluding steroid dienone is 1. The van der Waals surface area contributed by atoms with Gasteiger partial charge in [0.15, 0.2) is 22.8 Å². The molecule has 2 aliphatic rings. The second kappa shape index (κ2) is 17.6. The van der Waals surface area contributed by atoms with Gasteiger partial charge in [-0.3, -0.25) is 32.5 Å². The summed E-state index contributed by atoms with van der Waals surface area (Å²) in [6, 6.07) is 0. The molecule has 4 rings (SSSR count). The maximum absolute atomic E-state index is 12.7. The number of hydrogen-bond acceptors (Lipinski definition) is 18. The average molecular weight is 848 g/mol. The molecular weight excluding hydrogens is 807 g/mol. The van der Waals surface area contributed by atoms with Gasteiger partial charge in [0.05, 0.1) is 25.5 Å². The van der Waals surface area contributed by atoms with Crippen molar-refractivity contribution < 1.29 is 80.5 Å². The molecule has 24 nitrogen and oxygen atoms in total. The van der Waals surface area contributed by atoms with Crippen LogP contribution in [0, 0.1) is 11.3 Å². The normalized spacial score (nSPS) is 24.4. The van der Waals surface area contributed by atoms with Crippen molar-refractivity contribution in [2.24, 2.45) is 11.3 Å². The van der Waals surface area contributed by atoms with E-state index in [1.54, 1.807) is 0 Å². The van der Waals surface area contributed by atoms with Crippen molar-refractivity contribution >= 4 is 69.1 Å². The number of nitrogens with one attached hydrogen (secondary N) is 2. The highest BCUT2D eigenvalue weighted by Gasteiger charge is 2.50. The van der Waals surface area contributed by atoms with Crippen molar-refractivity contribution in [1.82, 2.24) is 30.2 Å². The maximum atomic E-state index is 12.7. The minimum absolute atomic E-state index is 0.00817. The third kappa shape index (κ3) is 12.1. The quantitative estimate of drug-likeness (QED) is 0.0449. The minimum Gasteiger partial charge on any atom is -0.386 e. The Kier molecular flexibility index (Phi) is 14.4. The molecule has 1 saturated heterocycles. The fourth-order valence-corrected chi connectivity index (χ4v) is 8.52. The van der Waals surface area contributed by atoms with Crippen LogP contribution in [0.1, 0.15) is 32.9 Å². The number of nitrogen functional groups attached to an aromatic ring is 1. The molecule has 4 unspecified atom stereocenters. The number of fused-ring (bicyclic) bond motifs is 1. The number of thioether (sulfide) groups is 1. The Morgan fingerprint density at radius 1 is 1.11 bits per heavy atom. The Balaban J connectivity index is 1.24. The van der Waals surface area contributed by atoms with Gasteiger partial charge in [-0.15, -0.1) is 0 Å². The third-order valence-corrected chi connectivity index (χ3v) is 11.9. The van der Waals surface area contributed by atoms with Gasteiger partial charge < -0.3 is 50.9 Å². The van der Waals surface area contributed by atoms with E-state index in [4.69, 9.17) is 19.5 Å². The van der Waals surface area contributed by atoms with Gasteiger partial charge in [0.1, 0.15) is 36.3 Å². The molecule has 1 saturated carbocycles. The summed E-state index contributed by atoms with van der Waals surface area (Å²) in [6.45, 7) is 4.23. The second-order valence-electron chi connectivity index (χ2n) is 12.7. The zero-order valence-electron chi connectivity index (χ0n) is 28.6. The van der Waals surface area contributed by atoms with E-state index >= 15 is 0 Å². The summed E-state index contributed by atoms with van der Waals surface area (Å²) in [5, 5.41) is 26.3. The molecule has 2 fully saturated rings. The molecule has 54 heavy (non-hydrogen) atoms. The fourth-order valence-electron chi connectivity index (χ4n) is 4.84. The largest absolute Gasteiger partial charge is 0.481 e. The van der Waals surface area contributed by atoms with Crippen LogP contribution in [0.3, 0.4) is 0 Å². The zero-order valence-corrected chi connectivity index (χ0v) is 32.1. The molecular formula is C26H40N7O17P3S. The van der Waals surface area contributed by atoms with E-state index in [9.17, 15) is 57.9 Å². The summed E-state index contributed by atoms with van der Waals surface area (Å²) in [7, 11) is -16.4. The molecule has 302 valence electrons. The van der Waals surface area contributed by atoms with Crippen LogP contribution in [-0.2, 0) is 50.7 Å². The van der Waals surface area contributed by atoms with Crippen molar-refractivity contribution in [3.05, 3.63) is 24.8 Å². The van der Waals surface area contributed by atoms with Gasteiger partial charge in [-0.2, -0.15) is 4.31 Å². The molecule has 0 aromatic carbocycles. The van der Waals surface area contributed by atoms with Gasteiger partial charge in [-0.1, -0.05) is 37.8 Å². The smallest absolute Gasteiger partial charge is 0.386 e. The van der Waals surface area contributed by atoms with Crippen LogP contribution in [0.2, 0.25) is 0 Å². The molecule has 3 heterocycles. The molecule has 1 aliphatic carbocycles. The third-order valence-electron chi connectivity index (χ3n) is 7.83. The number of imidazole rings is 1. The maximum Gasteiger partial charge on any atom is 0.481 e. The number of rotatable bonds is 20. The Bertz CT molecular complexity index is 1880. The van der Waals surface area contributed by atoms with Crippen LogP contribution < -0.4 is 16.4 Å². The minimum atomic E-state index is -5.56. The Morgan fingerprint density at radius 3 is 2.43 bits per heavy atom. The number of aromatic nitrogens is 4. The zero-order chi connectivity index (χ0) is 40.2. The Labute approximate surface area is 310 Å². The molecule has 10 N–H and O–H groups in total. The molecule has 1 aliphatic heterocycles. The van der Waals surface area contributed by atoms with Crippen molar-refractivity contribution in [3.8, 4) is 0 Å². The molecule has 2 amide bonds. The summed E-state index contributed by atoms with van der Waals surface area (Å²) < 4.78 is 62.0. The number of nitrogens with zero attached hydrogens (tertiary/aromatic N) is 4. The summed E-state index contributed by atoms with van der Waals surface area (Å²) in [5.41, 5.74) is 5.14. The van der Waals surface area contributed by atoms with Crippen molar-refractivity contribution in [2.75, 3.05) is 37.8 Å². The van der Waals surface area contributed by atoms with Crippen LogP contribution in [0.15, 0.2) is 24.8 Å². The summed E-state index contributed by atoms with van der Waals surface area (Å²) in [4.78, 5) is 87.2. The van der Waals surface area contributed by atoms with Crippen molar-refractivity contribution in [2.45, 2.75) is 57.3 Å². The lowest BCUT2D eigenvalue weighted by molar-refractivity contribution is -0.137. The number of ether oxygens (including phenoxy) is 1. The number of hydrogen-bond donors (Lipinski definition) is 9. The number of aliphatic hydroxyl groups is 2. The van der Waals surface area contributed by atoms with E-state index in [1.165, 1.54) is 13.8 Å². The van der Waals surface area contributed by atoms with Gasteiger partial charge in [0.25, 0.3) is 0 Å². The monoisotopic (exact) mass is 847 g/mol. The second-order valence-corrected chi connectivity index (χ2v) is 18.0. The lowest BCUT2D eigenvalue weighted by atomic mass is 9.87. The standard InChI is InChI=1S/C26H40N7O17P3S/c1-13-8-14(13)25(38)54-7-6-28-16(34)4-5-29-23(37)20(36)26(2,3)10-47-53(44,45)50-52(42,43)46-9-15-19(49-51(39,40)41)18(35)24(48-15)33-12-32-17-21(27)30-11-31-22(17)33/h11-12,14-15,18-20,24,35-36H,1,4-10H2,2-3H3,(H,28,34)(H,29,37)(H,42,43)(H,44,45)(H2,27,30,31)(H2,39,40,41)/t14-,15+,18?,19+,20?,24+/m0/s1. The van der Waals surface area contributed by atoms with E-state index in [2.05, 4.69) is 41.0 Å². The molecule has 0 spiro atoms. The van der Waals surface area contributed by atoms with Gasteiger partial charge in [0.2, 0.25) is 11.8 Å². The Hall–Kier alpha value is -2.70. The predicted octanol–water partition coefficient (Wildman–Crippen LogP) is -0.759. The number of carbonyl (C=O) groups excluding carboxylic acids is 3. The first-order chi connectivity index (χ1) is 25.0. The average Bonchev–Trinajstić information content (AvgIpc) is 3.52. The van der Waals surface area contributed by atoms with E-state index in [1.807, 2.05) is 0 Å². The van der Waals surface area contributed by atoms with Gasteiger partial charge >= 0.3 is 23.5 Å². The van der Waals surface area contributed by atoms with Gasteiger partial charge in [-0.25, -0.2) is 28.6 Å². The summed E-state index contributed by atoms with van der Waals surface area (Å²) in [5.74, 6) is -1.22. The van der Waals surface area contributed by atoms with Crippen molar-refractivity contribution in [3.63, 3.8) is 0 Å². The van der Waals surface area contributed by atoms with Crippen LogP contribution in [0.5, 0.6) is 0 Å². The van der Waals surface area contributed by atoms with Gasteiger partial charge in [-0.05, 0) is 6.42 Å². The SMILES string of the molecule is C=C1C[C@@H]1C(=O)SCCNC(=O)CCNC(=O)C(O)C(C)(C)COP(=O)(O)OP(=O)(O)OC[C@H]1O[C@@H](n2cnc3c(N)ncnc32)C(O)[C@@H]1OP(=O)(O)O. The number of anilines is 1. The lowest BCUT2D eigenvalue weighted by Gasteiger charge is -2.30. The lowest BCUT2D eigenvalue weighted by Crippen LogP contribution is -2.46. The van der Waals surface area contributed by atoms with E-state index in [-0.39, 0.29) is 47.5 Å². The van der Waals surface area contributed by atoms with Gasteiger partial charge in [0, 0.05) is 30.7 Å². The predicted molar refractivity (Wildman–Crippen MR) is 184 cm³/mol. The molecule has 2 aromatic rings. The van der Waals surface area contributed by atoms with E-state index < -0.39 is 84.6 Å². The number of phosphoric ester groups is 3. The van der Waals surface area contributed by atoms with Crippen LogP contribution >= 0.6 is 35.2 Å². The first-order valence-electron chi connectivity index (χ1n) is 15.7. The first kappa shape index (κ1) is 44.0. The highest BCUT2D eigenvalue weighted by Crippen LogP contribution is 2.61.